The minimum Gasteiger partial charge on any atom is -0.488 e. The molecule has 12 aromatic carbocycles. The zero-order valence-electron chi connectivity index (χ0n) is 66.2. The summed E-state index contributed by atoms with van der Waals surface area (Å²) in [4.78, 5) is 58.8. The zero-order chi connectivity index (χ0) is 80.9. The van der Waals surface area contributed by atoms with E-state index in [4.69, 9.17) is 39.9 Å². The van der Waals surface area contributed by atoms with E-state index in [0.717, 1.165) is 168 Å². The lowest BCUT2D eigenvalue weighted by atomic mass is 9.97. The van der Waals surface area contributed by atoms with Gasteiger partial charge in [0.15, 0.2) is 12.6 Å². The SMILES string of the molecule is CC(=O)CCCNCc1c(OCc2cccc(C(N)=O)c2)cc(OCc2cccc(-c3ccccc3)c2C)c2c1CCC2.Cc1c(COc2cc(OCc3cccc(C#N)c3)c(C=O)c3c2CCC3)cccc1-c1ccccc1.Cc1c(COc2cc(OCc3cccc(C(N)=O)c3)c(C=O)c3c2CCC3)cccc1-c1ccccc1. The summed E-state index contributed by atoms with van der Waals surface area (Å²) in [5.41, 5.74) is 38.1. The molecule has 0 unspecified atom stereocenters. The third-order valence-electron chi connectivity index (χ3n) is 22.0. The standard InChI is InChI=1S/C37H40N2O4.C32H29NO4.C32H27NO3/c1-25(40)10-9-19-39-22-34-32-17-8-18-33(32)35(21-36(34)42-23-27-11-6-14-29(20-27)37(38)41)43-24-30-15-7-16-31(26(30)2)28-12-4-3-5-13-28;1-21-25(12-6-13-26(21)23-9-3-2-4-10-23)20-37-30-17-31(29(18-34)27-14-7-15-28(27)30)36-19-22-8-5-11-24(16-22)32(33)35;1-22-26(12-6-13-27(22)25-10-3-2-4-11-25)21-36-31-17-32(30(19-34)28-14-7-15-29(28)31)35-20-24-9-5-8-23(16-24)18-33/h3-7,11-16,20-21,39H,8-10,17-19,22-24H2,1-2H3,(H2,38,41);2-6,8-13,16-18H,7,14-15,19-20H2,1H3,(H2,33,35);2-6,8-13,16-17,19H,7,14-15,20-21H2,1H3. The summed E-state index contributed by atoms with van der Waals surface area (Å²) in [6, 6.07) is 79.5. The molecule has 3 aliphatic rings. The first-order chi connectivity index (χ1) is 56.6. The predicted molar refractivity (Wildman–Crippen MR) is 455 cm³/mol. The Morgan fingerprint density at radius 1 is 0.397 bits per heavy atom. The first kappa shape index (κ1) is 80.9. The van der Waals surface area contributed by atoms with Crippen molar-refractivity contribution in [2.75, 3.05) is 6.54 Å². The van der Waals surface area contributed by atoms with Crippen molar-refractivity contribution < 1.29 is 52.4 Å². The molecular weight excluding hydrogens is 1450 g/mol. The van der Waals surface area contributed by atoms with Gasteiger partial charge < -0.3 is 50.0 Å². The third kappa shape index (κ3) is 19.9. The number of rotatable bonds is 31. The number of carbonyl (C=O) groups excluding carboxylic acids is 5. The fraction of sp³-hybridized carbons (Fsp3) is 0.228. The van der Waals surface area contributed by atoms with Crippen LogP contribution in [0, 0.1) is 32.1 Å². The van der Waals surface area contributed by atoms with Crippen LogP contribution in [0.2, 0.25) is 0 Å². The zero-order valence-corrected chi connectivity index (χ0v) is 66.2. The summed E-state index contributed by atoms with van der Waals surface area (Å²) >= 11 is 0. The number of primary amides is 2. The quantitative estimate of drug-likeness (QED) is 0.0272. The highest BCUT2D eigenvalue weighted by Gasteiger charge is 2.28. The Morgan fingerprint density at radius 3 is 1.15 bits per heavy atom. The van der Waals surface area contributed by atoms with Crippen molar-refractivity contribution >= 4 is 30.2 Å². The van der Waals surface area contributed by atoms with Crippen LogP contribution in [0.3, 0.4) is 0 Å². The minimum absolute atomic E-state index is 0.205. The van der Waals surface area contributed by atoms with Crippen LogP contribution in [0.25, 0.3) is 33.4 Å². The number of hydrogen-bond acceptors (Lipinski definition) is 13. The van der Waals surface area contributed by atoms with Crippen LogP contribution in [0.5, 0.6) is 34.5 Å². The molecule has 0 aliphatic heterocycles. The molecule has 0 aromatic heterocycles. The number of ether oxygens (including phenoxy) is 6. The lowest BCUT2D eigenvalue weighted by Gasteiger charge is -2.20. The Kier molecular flexibility index (Phi) is 27.2. The first-order valence-electron chi connectivity index (χ1n) is 39.7. The number of carbonyl (C=O) groups is 5. The minimum atomic E-state index is -0.490. The smallest absolute Gasteiger partial charge is 0.248 e. The Balaban J connectivity index is 0.000000152. The molecule has 0 saturated heterocycles. The molecule has 0 heterocycles. The van der Waals surface area contributed by atoms with E-state index in [9.17, 15) is 29.2 Å². The van der Waals surface area contributed by atoms with Crippen molar-refractivity contribution in [3.05, 3.63) is 353 Å². The Hall–Kier alpha value is -13.2. The van der Waals surface area contributed by atoms with Crippen LogP contribution in [0.1, 0.15) is 175 Å². The van der Waals surface area contributed by atoms with Crippen LogP contribution in [0.15, 0.2) is 237 Å². The maximum absolute atomic E-state index is 12.1. The van der Waals surface area contributed by atoms with Crippen molar-refractivity contribution in [2.24, 2.45) is 11.5 Å². The van der Waals surface area contributed by atoms with Gasteiger partial charge >= 0.3 is 0 Å². The molecule has 5 N–H and O–H groups in total. The Bertz CT molecular complexity index is 5600. The number of nitrogens with zero attached hydrogens (tertiary/aromatic N) is 1. The van der Waals surface area contributed by atoms with Crippen molar-refractivity contribution in [1.82, 2.24) is 5.32 Å². The van der Waals surface area contributed by atoms with Crippen LogP contribution in [0.4, 0.5) is 0 Å². The topological polar surface area (TPSA) is 229 Å². The third-order valence-corrected chi connectivity index (χ3v) is 22.0. The molecule has 15 heteroatoms. The molecule has 0 spiro atoms. The lowest BCUT2D eigenvalue weighted by molar-refractivity contribution is -0.117. The number of Topliss-reactive ketones (excluding diaryl/α,β-unsaturated/α-hetero) is 1. The average molecular weight is 1540 g/mol. The summed E-state index contributed by atoms with van der Waals surface area (Å²) in [5, 5.41) is 12.7. The number of fused-ring (bicyclic) bond motifs is 3. The first-order valence-corrected chi connectivity index (χ1v) is 39.7. The van der Waals surface area contributed by atoms with E-state index in [1.54, 1.807) is 49.4 Å². The summed E-state index contributed by atoms with van der Waals surface area (Å²) < 4.78 is 38.0. The van der Waals surface area contributed by atoms with Crippen LogP contribution in [-0.2, 0) is 89.5 Å². The summed E-state index contributed by atoms with van der Waals surface area (Å²) in [7, 11) is 0. The highest BCUT2D eigenvalue weighted by atomic mass is 16.5. The molecule has 586 valence electrons. The van der Waals surface area contributed by atoms with Gasteiger partial charge in [-0.25, -0.2) is 0 Å². The summed E-state index contributed by atoms with van der Waals surface area (Å²) in [6.07, 6.45) is 11.5. The molecule has 15 rings (SSSR count). The molecule has 3 aliphatic carbocycles. The van der Waals surface area contributed by atoms with Gasteiger partial charge in [0.2, 0.25) is 11.8 Å². The number of nitrogens with one attached hydrogen (secondary N) is 1. The van der Waals surface area contributed by atoms with Gasteiger partial charge in [0.25, 0.3) is 0 Å². The van der Waals surface area contributed by atoms with Crippen LogP contribution in [-0.4, -0.2) is 36.7 Å². The van der Waals surface area contributed by atoms with Gasteiger partial charge in [-0.1, -0.05) is 182 Å². The largest absolute Gasteiger partial charge is 0.488 e. The van der Waals surface area contributed by atoms with E-state index in [1.807, 2.05) is 91.0 Å². The van der Waals surface area contributed by atoms with E-state index >= 15 is 0 Å². The fourth-order valence-corrected chi connectivity index (χ4v) is 15.8. The number of ketones is 1. The molecular formula is C101H96N4O11. The molecule has 15 nitrogen and oxygen atoms in total. The molecule has 0 fully saturated rings. The highest BCUT2D eigenvalue weighted by molar-refractivity contribution is 5.93. The second-order valence-corrected chi connectivity index (χ2v) is 29.6. The lowest BCUT2D eigenvalue weighted by Crippen LogP contribution is -2.18. The van der Waals surface area contributed by atoms with E-state index < -0.39 is 11.8 Å². The average Bonchev–Trinajstić information content (AvgIpc) is 1.50. The maximum Gasteiger partial charge on any atom is 0.248 e. The molecule has 2 amide bonds. The highest BCUT2D eigenvalue weighted by Crippen LogP contribution is 2.44. The number of benzene rings is 12. The second-order valence-electron chi connectivity index (χ2n) is 29.6. The number of hydrogen-bond donors (Lipinski definition) is 3. The maximum atomic E-state index is 12.1. The van der Waals surface area contributed by atoms with Gasteiger partial charge in [0.1, 0.15) is 79.9 Å². The normalized spacial score (nSPS) is 12.1. The number of nitriles is 1. The number of aldehydes is 2. The Labute approximate surface area is 679 Å². The molecule has 12 aromatic rings. The van der Waals surface area contributed by atoms with E-state index in [2.05, 4.69) is 135 Å². The molecule has 0 radical (unpaired) electrons. The van der Waals surface area contributed by atoms with E-state index in [0.29, 0.717) is 78.7 Å². The van der Waals surface area contributed by atoms with Crippen LogP contribution >= 0.6 is 0 Å². The van der Waals surface area contributed by atoms with E-state index in [1.165, 1.54) is 61.2 Å². The van der Waals surface area contributed by atoms with Crippen LogP contribution < -0.4 is 45.2 Å². The van der Waals surface area contributed by atoms with Gasteiger partial charge in [0, 0.05) is 47.9 Å². The second kappa shape index (κ2) is 39.1. The molecule has 0 atom stereocenters. The van der Waals surface area contributed by atoms with Gasteiger partial charge in [-0.15, -0.1) is 0 Å². The predicted octanol–water partition coefficient (Wildman–Crippen LogP) is 20.1. The molecule has 0 saturated carbocycles. The van der Waals surface area contributed by atoms with Crippen molar-refractivity contribution in [2.45, 2.75) is 145 Å². The van der Waals surface area contributed by atoms with Gasteiger partial charge in [-0.2, -0.15) is 5.26 Å². The monoisotopic (exact) mass is 1540 g/mol. The number of nitrogens with two attached hydrogens (primary N) is 2. The van der Waals surface area contributed by atoms with Crippen molar-refractivity contribution in [3.63, 3.8) is 0 Å². The summed E-state index contributed by atoms with van der Waals surface area (Å²) in [6.45, 7) is 11.5. The number of amides is 2. The van der Waals surface area contributed by atoms with E-state index in [-0.39, 0.29) is 19.0 Å². The van der Waals surface area contributed by atoms with Crippen molar-refractivity contribution in [1.29, 1.82) is 5.26 Å². The molecule has 0 bridgehead atoms. The molecule has 116 heavy (non-hydrogen) atoms. The van der Waals surface area contributed by atoms with Gasteiger partial charge in [-0.3, -0.25) is 19.2 Å². The fourth-order valence-electron chi connectivity index (χ4n) is 15.8. The van der Waals surface area contributed by atoms with Gasteiger partial charge in [-0.05, 0) is 252 Å². The van der Waals surface area contributed by atoms with Crippen molar-refractivity contribution in [3.8, 4) is 73.9 Å². The Morgan fingerprint density at radius 2 is 0.750 bits per heavy atom. The summed E-state index contributed by atoms with van der Waals surface area (Å²) in [5.74, 6) is 3.43. The van der Waals surface area contributed by atoms with Gasteiger partial charge in [0.05, 0.1) is 22.8 Å².